The van der Waals surface area contributed by atoms with Crippen molar-refractivity contribution in [2.75, 3.05) is 0 Å². The minimum absolute atomic E-state index is 0.696. The van der Waals surface area contributed by atoms with E-state index in [1.54, 1.807) is 5.56 Å². The van der Waals surface area contributed by atoms with E-state index in [1.165, 1.54) is 27.3 Å². The first-order valence-electron chi connectivity index (χ1n) is 9.42. The van der Waals surface area contributed by atoms with Gasteiger partial charge in [-0.1, -0.05) is 111 Å². The van der Waals surface area contributed by atoms with E-state index >= 15 is 0 Å². The van der Waals surface area contributed by atoms with Gasteiger partial charge in [0.05, 0.1) is 0 Å². The molecule has 1 aliphatic carbocycles. The van der Waals surface area contributed by atoms with Crippen LogP contribution in [0, 0.1) is 11.8 Å². The van der Waals surface area contributed by atoms with Crippen LogP contribution in [-0.4, -0.2) is 14.1 Å². The maximum absolute atomic E-state index is 2.61. The Labute approximate surface area is 152 Å². The molecule has 0 amide bonds. The lowest BCUT2D eigenvalue weighted by Crippen LogP contribution is -2.25. The van der Waals surface area contributed by atoms with Crippen molar-refractivity contribution < 1.29 is 0 Å². The number of hydrogen-bond acceptors (Lipinski definition) is 0. The Hall–Kier alpha value is -1.29. The van der Waals surface area contributed by atoms with Crippen molar-refractivity contribution in [1.29, 1.82) is 0 Å². The molecular formula is C23H29Al. The molecule has 1 unspecified atom stereocenters. The van der Waals surface area contributed by atoms with Crippen molar-refractivity contribution in [3.63, 3.8) is 0 Å². The largest absolute Gasteiger partial charge is 0.277 e. The third-order valence-electron chi connectivity index (χ3n) is 5.10. The SMILES string of the molecule is CC(C)[CH2][Al]([CH2]C(C)C)[CH]1C=C(c2ccccc2)c2ccccc21. The maximum atomic E-state index is 2.61. The van der Waals surface area contributed by atoms with Crippen molar-refractivity contribution >= 4 is 19.7 Å². The molecule has 0 aliphatic heterocycles. The minimum atomic E-state index is -0.877. The molecule has 0 nitrogen and oxygen atoms in total. The molecule has 3 rings (SSSR count). The van der Waals surface area contributed by atoms with Crippen LogP contribution < -0.4 is 0 Å². The second-order valence-electron chi connectivity index (χ2n) is 8.08. The summed E-state index contributed by atoms with van der Waals surface area (Å²) in [7, 11) is 0. The zero-order chi connectivity index (χ0) is 17.1. The molecule has 0 spiro atoms. The molecule has 0 bridgehead atoms. The van der Waals surface area contributed by atoms with Crippen LogP contribution in [0.25, 0.3) is 5.57 Å². The third kappa shape index (κ3) is 3.85. The monoisotopic (exact) mass is 332 g/mol. The molecule has 0 saturated heterocycles. The molecule has 2 aromatic rings. The Morgan fingerprint density at radius 2 is 1.38 bits per heavy atom. The summed E-state index contributed by atoms with van der Waals surface area (Å²) in [6.45, 7) is 9.57. The Bertz CT molecular complexity index is 687. The highest BCUT2D eigenvalue weighted by atomic mass is 27.2. The Morgan fingerprint density at radius 3 is 2.00 bits per heavy atom. The number of fused-ring (bicyclic) bond motifs is 1. The topological polar surface area (TPSA) is 0 Å². The minimum Gasteiger partial charge on any atom is -0.0909 e. The summed E-state index contributed by atoms with van der Waals surface area (Å²) in [6, 6.07) is 20.1. The first kappa shape index (κ1) is 17.5. The fraction of sp³-hybridized carbons (Fsp3) is 0.391. The number of benzene rings is 2. The van der Waals surface area contributed by atoms with Crippen molar-refractivity contribution in [2.45, 2.75) is 43.0 Å². The van der Waals surface area contributed by atoms with Gasteiger partial charge < -0.3 is 0 Å². The van der Waals surface area contributed by atoms with Gasteiger partial charge in [-0.05, 0) is 27.0 Å². The van der Waals surface area contributed by atoms with Gasteiger partial charge in [-0.25, -0.2) is 0 Å². The van der Waals surface area contributed by atoms with E-state index in [-0.39, 0.29) is 0 Å². The summed E-state index contributed by atoms with van der Waals surface area (Å²) in [4.78, 5) is 0. The quantitative estimate of drug-likeness (QED) is 0.525. The van der Waals surface area contributed by atoms with Crippen molar-refractivity contribution in [2.24, 2.45) is 11.8 Å². The molecule has 0 aromatic heterocycles. The van der Waals surface area contributed by atoms with Crippen LogP contribution in [0.4, 0.5) is 0 Å². The Balaban J connectivity index is 2.02. The number of rotatable bonds is 6. The molecular weight excluding hydrogens is 303 g/mol. The average Bonchev–Trinajstić information content (AvgIpc) is 2.94. The van der Waals surface area contributed by atoms with Gasteiger partial charge in [0.1, 0.15) is 0 Å². The normalized spacial score (nSPS) is 16.4. The smallest absolute Gasteiger partial charge is 0.0909 e. The van der Waals surface area contributed by atoms with Gasteiger partial charge in [0.15, 0.2) is 0 Å². The molecule has 0 fully saturated rings. The summed E-state index contributed by atoms with van der Waals surface area (Å²) in [5.41, 5.74) is 5.89. The van der Waals surface area contributed by atoms with Crippen LogP contribution in [0.2, 0.25) is 10.6 Å². The zero-order valence-corrected chi connectivity index (χ0v) is 16.7. The fourth-order valence-electron chi connectivity index (χ4n) is 4.25. The highest BCUT2D eigenvalue weighted by Gasteiger charge is 2.34. The lowest BCUT2D eigenvalue weighted by Gasteiger charge is -2.22. The van der Waals surface area contributed by atoms with Crippen LogP contribution in [0.5, 0.6) is 0 Å². The van der Waals surface area contributed by atoms with E-state index in [0.29, 0.717) is 4.78 Å². The van der Waals surface area contributed by atoms with E-state index in [4.69, 9.17) is 0 Å². The maximum Gasteiger partial charge on any atom is 0.277 e. The zero-order valence-electron chi connectivity index (χ0n) is 15.5. The lowest BCUT2D eigenvalue weighted by atomic mass is 9.99. The fourth-order valence-corrected chi connectivity index (χ4v) is 8.72. The predicted molar refractivity (Wildman–Crippen MR) is 108 cm³/mol. The molecule has 0 N–H and O–H groups in total. The molecule has 0 heterocycles. The van der Waals surface area contributed by atoms with Crippen LogP contribution in [0.1, 0.15) is 49.2 Å². The third-order valence-corrected chi connectivity index (χ3v) is 9.76. The summed E-state index contributed by atoms with van der Waals surface area (Å²) in [5.74, 6) is 1.61. The van der Waals surface area contributed by atoms with Crippen molar-refractivity contribution in [1.82, 2.24) is 0 Å². The van der Waals surface area contributed by atoms with Gasteiger partial charge in [0, 0.05) is 0 Å². The van der Waals surface area contributed by atoms with E-state index in [0.717, 1.165) is 11.8 Å². The van der Waals surface area contributed by atoms with Gasteiger partial charge in [0.25, 0.3) is 14.1 Å². The standard InChI is InChI=1S/C15H11.2C4H9.Al/c1-2-6-12(7-3-1)15-11-10-13-8-4-5-9-14(13)15;2*1-4(2)3;/h1-11H;2*4H,1H2,2-3H3;. The molecule has 2 aromatic carbocycles. The van der Waals surface area contributed by atoms with E-state index in [9.17, 15) is 0 Å². The summed E-state index contributed by atoms with van der Waals surface area (Å²) in [5, 5.41) is 2.88. The van der Waals surface area contributed by atoms with Crippen molar-refractivity contribution in [3.8, 4) is 0 Å². The van der Waals surface area contributed by atoms with Crippen LogP contribution in [0.3, 0.4) is 0 Å². The van der Waals surface area contributed by atoms with Gasteiger partial charge >= 0.3 is 0 Å². The van der Waals surface area contributed by atoms with Gasteiger partial charge in [0.2, 0.25) is 0 Å². The van der Waals surface area contributed by atoms with Gasteiger partial charge in [-0.3, -0.25) is 0 Å². The molecule has 0 radical (unpaired) electrons. The van der Waals surface area contributed by atoms with Gasteiger partial charge in [-0.2, -0.15) is 0 Å². The number of hydrogen-bond donors (Lipinski definition) is 0. The average molecular weight is 332 g/mol. The molecule has 1 atom stereocenters. The number of allylic oxidation sites excluding steroid dienone is 1. The van der Waals surface area contributed by atoms with Gasteiger partial charge in [-0.15, -0.1) is 0 Å². The first-order valence-corrected chi connectivity index (χ1v) is 11.7. The molecule has 1 heteroatoms. The van der Waals surface area contributed by atoms with Crippen LogP contribution in [-0.2, 0) is 0 Å². The highest BCUT2D eigenvalue weighted by molar-refractivity contribution is 6.61. The second-order valence-corrected chi connectivity index (χ2v) is 11.3. The van der Waals surface area contributed by atoms with Crippen molar-refractivity contribution in [3.05, 3.63) is 77.4 Å². The predicted octanol–water partition coefficient (Wildman–Crippen LogP) is 6.56. The Morgan fingerprint density at radius 1 is 0.792 bits per heavy atom. The van der Waals surface area contributed by atoms with E-state index in [1.807, 2.05) is 0 Å². The van der Waals surface area contributed by atoms with Crippen LogP contribution in [0.15, 0.2) is 60.7 Å². The van der Waals surface area contributed by atoms with E-state index in [2.05, 4.69) is 88.4 Å². The molecule has 0 saturated carbocycles. The molecule has 1 aliphatic rings. The summed E-state index contributed by atoms with van der Waals surface area (Å²) >= 11 is -0.877. The highest BCUT2D eigenvalue weighted by Crippen LogP contribution is 2.43. The van der Waals surface area contributed by atoms with Crippen LogP contribution >= 0.6 is 0 Å². The first-order chi connectivity index (χ1) is 11.6. The molecule has 24 heavy (non-hydrogen) atoms. The second kappa shape index (κ2) is 7.73. The Kier molecular flexibility index (Phi) is 5.65. The summed E-state index contributed by atoms with van der Waals surface area (Å²) < 4.78 is 0.696. The lowest BCUT2D eigenvalue weighted by molar-refractivity contribution is 0.683. The summed E-state index contributed by atoms with van der Waals surface area (Å²) in [6.07, 6.45) is 2.61. The molecule has 124 valence electrons. The van der Waals surface area contributed by atoms with E-state index < -0.39 is 14.1 Å².